The maximum Gasteiger partial charge on any atom is 0.160 e. The van der Waals surface area contributed by atoms with Crippen molar-refractivity contribution in [3.05, 3.63) is 58.9 Å². The third kappa shape index (κ3) is 9.33. The summed E-state index contributed by atoms with van der Waals surface area (Å²) in [6.07, 6.45) is 12.5. The number of benzene rings is 1. The molecule has 0 bridgehead atoms. The molecular weight excluding hydrogens is 701 g/mol. The van der Waals surface area contributed by atoms with E-state index in [2.05, 4.69) is 100 Å². The van der Waals surface area contributed by atoms with Gasteiger partial charge in [-0.2, -0.15) is 10.2 Å². The topological polar surface area (TPSA) is 79.1 Å². The first-order valence-corrected chi connectivity index (χ1v) is 23.1. The molecule has 0 spiro atoms. The highest BCUT2D eigenvalue weighted by molar-refractivity contribution is 6.09. The van der Waals surface area contributed by atoms with Crippen molar-refractivity contribution in [1.29, 1.82) is 0 Å². The first-order chi connectivity index (χ1) is 26.7. The van der Waals surface area contributed by atoms with E-state index in [4.69, 9.17) is 10.2 Å². The summed E-state index contributed by atoms with van der Waals surface area (Å²) < 4.78 is 0. The van der Waals surface area contributed by atoms with Crippen LogP contribution in [0.1, 0.15) is 197 Å². The summed E-state index contributed by atoms with van der Waals surface area (Å²) in [6.45, 7) is 34.7. The van der Waals surface area contributed by atoms with E-state index in [1.165, 1.54) is 30.4 Å². The lowest BCUT2D eigenvalue weighted by molar-refractivity contribution is -0.137. The lowest BCUT2D eigenvalue weighted by atomic mass is 9.40. The molecule has 0 radical (unpaired) electrons. The Bertz CT molecular complexity index is 1690. The van der Waals surface area contributed by atoms with Crippen molar-refractivity contribution in [2.75, 3.05) is 0 Å². The summed E-state index contributed by atoms with van der Waals surface area (Å²) >= 11 is 0. The molecule has 1 aromatic rings. The summed E-state index contributed by atoms with van der Waals surface area (Å²) in [7, 11) is 0. The predicted octanol–water partition coefficient (Wildman–Crippen LogP) is 14.5. The van der Waals surface area contributed by atoms with Gasteiger partial charge in [0.05, 0.1) is 17.2 Å². The number of carbonyl (C=O) groups is 2. The average molecular weight is 783 g/mol. The average Bonchev–Trinajstić information content (AvgIpc) is 3.48. The zero-order valence-corrected chi connectivity index (χ0v) is 38.9. The minimum absolute atomic E-state index is 0.0887. The normalized spacial score (nSPS) is 31.1. The van der Waals surface area contributed by atoms with Gasteiger partial charge in [0.1, 0.15) is 5.78 Å². The number of Topliss-reactive ketones (excluding diaryl/α,β-unsaturated/α-hetero) is 2. The first-order valence-electron chi connectivity index (χ1n) is 23.1. The number of aliphatic hydroxyl groups excluding tert-OH is 1. The fourth-order valence-corrected chi connectivity index (χ4v) is 12.3. The van der Waals surface area contributed by atoms with Gasteiger partial charge < -0.3 is 5.11 Å². The minimum atomic E-state index is -0.580. The Hall–Kier alpha value is -2.82. The smallest absolute Gasteiger partial charge is 0.160 e. The van der Waals surface area contributed by atoms with Gasteiger partial charge in [-0.15, -0.1) is 0 Å². The predicted molar refractivity (Wildman–Crippen MR) is 242 cm³/mol. The van der Waals surface area contributed by atoms with Crippen LogP contribution in [-0.4, -0.2) is 28.1 Å². The number of hydrogen-bond acceptors (Lipinski definition) is 5. The van der Waals surface area contributed by atoms with E-state index < -0.39 is 5.41 Å². The molecule has 1 aromatic carbocycles. The molecule has 0 saturated heterocycles. The third-order valence-corrected chi connectivity index (χ3v) is 15.9. The molecule has 318 valence electrons. The molecule has 0 aromatic heterocycles. The number of carbonyl (C=O) groups excluding carboxylic acids is 2. The maximum atomic E-state index is 14.3. The van der Waals surface area contributed by atoms with Gasteiger partial charge in [0.25, 0.3) is 0 Å². The molecule has 8 unspecified atom stereocenters. The van der Waals surface area contributed by atoms with E-state index in [0.29, 0.717) is 60.6 Å². The second-order valence-electron chi connectivity index (χ2n) is 20.6. The van der Waals surface area contributed by atoms with Gasteiger partial charge in [-0.1, -0.05) is 127 Å². The largest absolute Gasteiger partial charge is 0.512 e. The zero-order valence-electron chi connectivity index (χ0n) is 38.9. The van der Waals surface area contributed by atoms with Gasteiger partial charge in [0.15, 0.2) is 5.78 Å². The van der Waals surface area contributed by atoms with E-state index in [0.717, 1.165) is 67.5 Å². The Morgan fingerprint density at radius 3 is 2.19 bits per heavy atom. The Morgan fingerprint density at radius 1 is 0.965 bits per heavy atom. The quantitative estimate of drug-likeness (QED) is 0.109. The van der Waals surface area contributed by atoms with Gasteiger partial charge in [-0.25, -0.2) is 0 Å². The SMILES string of the molecule is C=C(O)C(C)(C)CC(=O)CC(C)CCC1(C)C(C)CCC2(C)C3CCC4(/C(CCC)=N/N=C(\C)c5ccc(C(C)C)cc5)CC(=O)C(C(C)C)=C4C3CCC12.CC. The Kier molecular flexibility index (Phi) is 15.3. The van der Waals surface area contributed by atoms with Crippen molar-refractivity contribution in [1.82, 2.24) is 0 Å². The first kappa shape index (κ1) is 46.9. The second kappa shape index (κ2) is 18.6. The van der Waals surface area contributed by atoms with Crippen LogP contribution < -0.4 is 0 Å². The minimum Gasteiger partial charge on any atom is -0.512 e. The summed E-state index contributed by atoms with van der Waals surface area (Å²) in [6, 6.07) is 8.75. The van der Waals surface area contributed by atoms with Crippen molar-refractivity contribution in [2.24, 2.45) is 67.4 Å². The number of hydrogen-bond donors (Lipinski definition) is 1. The van der Waals surface area contributed by atoms with Crippen LogP contribution in [0.2, 0.25) is 0 Å². The van der Waals surface area contributed by atoms with Gasteiger partial charge in [-0.05, 0) is 139 Å². The van der Waals surface area contributed by atoms with Crippen LogP contribution in [0.5, 0.6) is 0 Å². The summed E-state index contributed by atoms with van der Waals surface area (Å²) in [5.74, 6) is 3.88. The highest BCUT2D eigenvalue weighted by atomic mass is 16.3. The van der Waals surface area contributed by atoms with Gasteiger partial charge in [0, 0.05) is 30.1 Å². The molecule has 5 rings (SSSR count). The zero-order chi connectivity index (χ0) is 42.7. The van der Waals surface area contributed by atoms with Crippen LogP contribution in [0.15, 0.2) is 58.0 Å². The Morgan fingerprint density at radius 2 is 1.61 bits per heavy atom. The number of ketones is 2. The molecule has 1 N–H and O–H groups in total. The third-order valence-electron chi connectivity index (χ3n) is 15.9. The second-order valence-corrected chi connectivity index (χ2v) is 20.6. The van der Waals surface area contributed by atoms with Crippen molar-refractivity contribution < 1.29 is 14.7 Å². The molecule has 3 fully saturated rings. The van der Waals surface area contributed by atoms with Crippen LogP contribution in [0, 0.1) is 57.2 Å². The number of fused-ring (bicyclic) bond motifs is 5. The molecule has 5 heteroatoms. The molecule has 8 atom stereocenters. The lowest BCUT2D eigenvalue weighted by Gasteiger charge is -2.65. The van der Waals surface area contributed by atoms with E-state index in [-0.39, 0.29) is 33.7 Å². The van der Waals surface area contributed by atoms with Crippen molar-refractivity contribution >= 4 is 23.0 Å². The van der Waals surface area contributed by atoms with Crippen LogP contribution in [-0.2, 0) is 9.59 Å². The van der Waals surface area contributed by atoms with E-state index in [9.17, 15) is 14.7 Å². The summed E-state index contributed by atoms with van der Waals surface area (Å²) in [4.78, 5) is 27.4. The van der Waals surface area contributed by atoms with E-state index in [1.54, 1.807) is 0 Å². The van der Waals surface area contributed by atoms with Gasteiger partial charge in [0.2, 0.25) is 0 Å². The highest BCUT2D eigenvalue weighted by Gasteiger charge is 2.63. The monoisotopic (exact) mass is 783 g/mol. The van der Waals surface area contributed by atoms with E-state index in [1.807, 2.05) is 27.7 Å². The Balaban J connectivity index is 0.00000354. The Labute approximate surface area is 349 Å². The molecule has 57 heavy (non-hydrogen) atoms. The van der Waals surface area contributed by atoms with Crippen molar-refractivity contribution in [3.63, 3.8) is 0 Å². The van der Waals surface area contributed by atoms with Crippen molar-refractivity contribution in [3.8, 4) is 0 Å². The number of nitrogens with zero attached hydrogens (tertiary/aromatic N) is 2. The number of allylic oxidation sites excluding steroid dienone is 3. The summed E-state index contributed by atoms with van der Waals surface area (Å²) in [5, 5.41) is 20.1. The van der Waals surface area contributed by atoms with Crippen LogP contribution >= 0.6 is 0 Å². The van der Waals surface area contributed by atoms with Crippen LogP contribution in [0.25, 0.3) is 0 Å². The fraction of sp³-hybridized carbons (Fsp3) is 0.731. The standard InChI is InChI=1S/C50H76N2O3.C2H6/c1-14-15-44(52-51-35(8)38-18-16-37(17-19-38)31(2)3)50-27-24-41-40(46(50)45(32(4)5)42(55)30-50)20-21-43-48(12,34(7)23-26-49(41,43)13)25-22-33(6)28-39(54)29-47(10,11)36(9)53;1-2/h16-19,31-34,40-41,43,53H,9,14-15,20-30H2,1-8,10-13H3;1-2H3/b51-35+,52-44+;. The lowest BCUT2D eigenvalue weighted by Crippen LogP contribution is -2.57. The fourth-order valence-electron chi connectivity index (χ4n) is 12.3. The molecule has 3 saturated carbocycles. The molecule has 4 aliphatic rings. The van der Waals surface area contributed by atoms with Crippen molar-refractivity contribution in [2.45, 2.75) is 186 Å². The maximum absolute atomic E-state index is 14.3. The molecule has 5 nitrogen and oxygen atoms in total. The molecule has 0 aliphatic heterocycles. The van der Waals surface area contributed by atoms with Crippen LogP contribution in [0.3, 0.4) is 0 Å². The number of aliphatic hydroxyl groups is 1. The molecule has 0 heterocycles. The summed E-state index contributed by atoms with van der Waals surface area (Å²) in [5.41, 5.74) is 6.59. The molecule has 0 amide bonds. The number of rotatable bonds is 15. The van der Waals surface area contributed by atoms with E-state index >= 15 is 0 Å². The highest BCUT2D eigenvalue weighted by Crippen LogP contribution is 2.70. The van der Waals surface area contributed by atoms with Gasteiger partial charge >= 0.3 is 0 Å². The van der Waals surface area contributed by atoms with Gasteiger partial charge in [-0.3, -0.25) is 9.59 Å². The molecular formula is C52H82N2O3. The van der Waals surface area contributed by atoms with Crippen LogP contribution in [0.4, 0.5) is 0 Å². The molecule has 4 aliphatic carbocycles.